The topological polar surface area (TPSA) is 80.4 Å². The molecule has 1 heterocycles. The molecule has 4 nitrogen and oxygen atoms in total. The first kappa shape index (κ1) is 9.48. The van der Waals surface area contributed by atoms with E-state index in [4.69, 9.17) is 5.73 Å². The Hall–Kier alpha value is -1.07. The van der Waals surface area contributed by atoms with Crippen molar-refractivity contribution in [3.05, 3.63) is 23.8 Å². The Morgan fingerprint density at radius 1 is 1.50 bits per heavy atom. The third kappa shape index (κ3) is 1.20. The van der Waals surface area contributed by atoms with Gasteiger partial charge in [-0.05, 0) is 30.2 Å². The molecule has 1 atom stereocenters. The Balaban J connectivity index is 2.60. The first-order chi connectivity index (χ1) is 6.55. The van der Waals surface area contributed by atoms with Gasteiger partial charge in [0.25, 0.3) is 0 Å². The average molecular weight is 213 g/mol. The van der Waals surface area contributed by atoms with Crippen molar-refractivity contribution in [1.29, 1.82) is 0 Å². The van der Waals surface area contributed by atoms with E-state index >= 15 is 0 Å². The lowest BCUT2D eigenvalue weighted by Crippen LogP contribution is -2.26. The van der Waals surface area contributed by atoms with E-state index in [1.807, 2.05) is 0 Å². The maximum Gasteiger partial charge on any atom is 0.183 e. The van der Waals surface area contributed by atoms with Crippen LogP contribution in [-0.2, 0) is 16.3 Å². The number of nitrogens with two attached hydrogens (primary N) is 1. The molecule has 1 aromatic carbocycles. The van der Waals surface area contributed by atoms with E-state index < -0.39 is 15.1 Å². The minimum atomic E-state index is -3.25. The molecule has 14 heavy (non-hydrogen) atoms. The second-order valence-corrected chi connectivity index (χ2v) is 5.60. The molecule has 1 aromatic rings. The van der Waals surface area contributed by atoms with Crippen molar-refractivity contribution in [2.24, 2.45) is 5.73 Å². The smallest absolute Gasteiger partial charge is 0.183 e. The molecule has 1 unspecified atom stereocenters. The number of phenolic OH excluding ortho intramolecular Hbond substituents is 1. The van der Waals surface area contributed by atoms with Gasteiger partial charge >= 0.3 is 0 Å². The lowest BCUT2D eigenvalue weighted by molar-refractivity contribution is 0.474. The van der Waals surface area contributed by atoms with Crippen LogP contribution in [0.1, 0.15) is 5.56 Å². The van der Waals surface area contributed by atoms with Crippen molar-refractivity contribution < 1.29 is 13.5 Å². The van der Waals surface area contributed by atoms with E-state index in [-0.39, 0.29) is 12.3 Å². The lowest BCUT2D eigenvalue weighted by atomic mass is 10.1. The summed E-state index contributed by atoms with van der Waals surface area (Å²) in [5.41, 5.74) is 6.05. The fourth-order valence-corrected chi connectivity index (χ4v) is 3.52. The third-order valence-electron chi connectivity index (χ3n) is 2.50. The largest absolute Gasteiger partial charge is 0.508 e. The lowest BCUT2D eigenvalue weighted by Gasteiger charge is -2.03. The van der Waals surface area contributed by atoms with E-state index in [1.165, 1.54) is 18.2 Å². The summed E-state index contributed by atoms with van der Waals surface area (Å²) in [6.45, 7) is 0.123. The number of hydrogen-bond acceptors (Lipinski definition) is 4. The van der Waals surface area contributed by atoms with E-state index in [2.05, 4.69) is 0 Å². The van der Waals surface area contributed by atoms with E-state index in [1.54, 1.807) is 0 Å². The van der Waals surface area contributed by atoms with Crippen LogP contribution in [0.25, 0.3) is 0 Å². The Morgan fingerprint density at radius 3 is 2.86 bits per heavy atom. The maximum atomic E-state index is 11.8. The van der Waals surface area contributed by atoms with E-state index in [9.17, 15) is 13.5 Å². The summed E-state index contributed by atoms with van der Waals surface area (Å²) in [6.07, 6.45) is 0.405. The molecule has 0 aromatic heterocycles. The standard InChI is InChI=1S/C9H11NO3S/c10-5-8-4-6-3-7(11)1-2-9(6)14(8,12)13/h1-3,8,11H,4-5,10H2. The first-order valence-corrected chi connectivity index (χ1v) is 5.86. The van der Waals surface area contributed by atoms with Crippen LogP contribution < -0.4 is 5.73 Å². The molecule has 0 saturated heterocycles. The van der Waals surface area contributed by atoms with Gasteiger partial charge in [0.2, 0.25) is 0 Å². The molecule has 0 radical (unpaired) electrons. The number of phenols is 1. The minimum Gasteiger partial charge on any atom is -0.508 e. The number of benzene rings is 1. The summed E-state index contributed by atoms with van der Waals surface area (Å²) < 4.78 is 23.5. The van der Waals surface area contributed by atoms with E-state index in [0.29, 0.717) is 16.9 Å². The number of hydrogen-bond donors (Lipinski definition) is 2. The van der Waals surface area contributed by atoms with Gasteiger partial charge < -0.3 is 10.8 Å². The van der Waals surface area contributed by atoms with Gasteiger partial charge in [-0.3, -0.25) is 0 Å². The molecule has 76 valence electrons. The summed E-state index contributed by atoms with van der Waals surface area (Å²) in [5.74, 6) is 0.0941. The minimum absolute atomic E-state index is 0.0941. The van der Waals surface area contributed by atoms with Crippen molar-refractivity contribution in [3.8, 4) is 5.75 Å². The summed E-state index contributed by atoms with van der Waals surface area (Å²) in [5, 5.41) is 8.67. The molecule has 0 aliphatic carbocycles. The fraction of sp³-hybridized carbons (Fsp3) is 0.333. The van der Waals surface area contributed by atoms with Crippen LogP contribution in [0.2, 0.25) is 0 Å². The average Bonchev–Trinajstić information content (AvgIpc) is 2.37. The van der Waals surface area contributed by atoms with Crippen LogP contribution in [0.15, 0.2) is 23.1 Å². The number of fused-ring (bicyclic) bond motifs is 1. The van der Waals surface area contributed by atoms with Gasteiger partial charge in [0.05, 0.1) is 10.1 Å². The predicted octanol–water partition coefficient (Wildman–Crippen LogP) is 0.0493. The van der Waals surface area contributed by atoms with Crippen LogP contribution in [0, 0.1) is 0 Å². The molecule has 0 bridgehead atoms. The Morgan fingerprint density at radius 2 is 2.21 bits per heavy atom. The highest BCUT2D eigenvalue weighted by Gasteiger charge is 2.35. The Labute approximate surface area is 82.3 Å². The molecule has 0 saturated carbocycles. The van der Waals surface area contributed by atoms with Gasteiger partial charge in [0.1, 0.15) is 5.75 Å². The zero-order valence-electron chi connectivity index (χ0n) is 7.47. The maximum absolute atomic E-state index is 11.8. The van der Waals surface area contributed by atoms with Crippen LogP contribution >= 0.6 is 0 Å². The normalized spacial score (nSPS) is 23.4. The summed E-state index contributed by atoms with van der Waals surface area (Å²) in [6, 6.07) is 4.31. The van der Waals surface area contributed by atoms with Crippen molar-refractivity contribution in [1.82, 2.24) is 0 Å². The van der Waals surface area contributed by atoms with Crippen molar-refractivity contribution in [2.75, 3.05) is 6.54 Å². The molecule has 0 amide bonds. The molecule has 2 rings (SSSR count). The molecular weight excluding hydrogens is 202 g/mol. The molecule has 0 fully saturated rings. The number of sulfone groups is 1. The van der Waals surface area contributed by atoms with Gasteiger partial charge in [-0.15, -0.1) is 0 Å². The molecule has 1 aliphatic rings. The predicted molar refractivity (Wildman–Crippen MR) is 51.8 cm³/mol. The van der Waals surface area contributed by atoms with Crippen LogP contribution in [-0.4, -0.2) is 25.3 Å². The summed E-state index contributed by atoms with van der Waals surface area (Å²) in [7, 11) is -3.25. The van der Waals surface area contributed by atoms with Gasteiger partial charge in [-0.1, -0.05) is 0 Å². The van der Waals surface area contributed by atoms with Crippen molar-refractivity contribution in [3.63, 3.8) is 0 Å². The zero-order chi connectivity index (χ0) is 10.3. The second-order valence-electron chi connectivity index (χ2n) is 3.40. The van der Waals surface area contributed by atoms with Gasteiger partial charge in [0, 0.05) is 6.54 Å². The molecule has 1 aliphatic heterocycles. The van der Waals surface area contributed by atoms with Crippen LogP contribution in [0.4, 0.5) is 0 Å². The summed E-state index contributed by atoms with van der Waals surface area (Å²) >= 11 is 0. The van der Waals surface area contributed by atoms with Crippen molar-refractivity contribution >= 4 is 9.84 Å². The zero-order valence-corrected chi connectivity index (χ0v) is 8.29. The number of aromatic hydroxyl groups is 1. The quantitative estimate of drug-likeness (QED) is 0.690. The molecular formula is C9H11NO3S. The molecule has 0 spiro atoms. The third-order valence-corrected chi connectivity index (χ3v) is 4.75. The number of rotatable bonds is 1. The van der Waals surface area contributed by atoms with Gasteiger partial charge in [0.15, 0.2) is 9.84 Å². The first-order valence-electron chi connectivity index (χ1n) is 4.31. The van der Waals surface area contributed by atoms with Crippen LogP contribution in [0.5, 0.6) is 5.75 Å². The molecule has 3 N–H and O–H groups in total. The highest BCUT2D eigenvalue weighted by molar-refractivity contribution is 7.92. The fourth-order valence-electron chi connectivity index (χ4n) is 1.75. The van der Waals surface area contributed by atoms with Crippen molar-refractivity contribution in [2.45, 2.75) is 16.6 Å². The van der Waals surface area contributed by atoms with E-state index in [0.717, 1.165) is 0 Å². The van der Waals surface area contributed by atoms with Gasteiger partial charge in [-0.2, -0.15) is 0 Å². The highest BCUT2D eigenvalue weighted by Crippen LogP contribution is 2.32. The SMILES string of the molecule is NCC1Cc2cc(O)ccc2S1(=O)=O. The highest BCUT2D eigenvalue weighted by atomic mass is 32.2. The Bertz CT molecular complexity index is 467. The second kappa shape index (κ2) is 2.96. The monoisotopic (exact) mass is 213 g/mol. The Kier molecular flexibility index (Phi) is 2.01. The van der Waals surface area contributed by atoms with Gasteiger partial charge in [-0.25, -0.2) is 8.42 Å². The van der Waals surface area contributed by atoms with Crippen LogP contribution in [0.3, 0.4) is 0 Å². The summed E-state index contributed by atoms with van der Waals surface area (Å²) in [4.78, 5) is 0.311. The molecule has 5 heteroatoms.